The van der Waals surface area contributed by atoms with Crippen molar-refractivity contribution in [2.24, 2.45) is 0 Å². The summed E-state index contributed by atoms with van der Waals surface area (Å²) in [5.41, 5.74) is 2.93. The molecule has 142 valence electrons. The normalized spacial score (nSPS) is 13.9. The molecule has 28 heavy (non-hydrogen) atoms. The van der Waals surface area contributed by atoms with E-state index in [9.17, 15) is 5.11 Å². The third-order valence-corrected chi connectivity index (χ3v) is 5.43. The summed E-state index contributed by atoms with van der Waals surface area (Å²) in [5.74, 6) is 1.54. The van der Waals surface area contributed by atoms with Gasteiger partial charge in [0.2, 0.25) is 0 Å². The number of ether oxygens (including phenoxy) is 2. The Bertz CT molecular complexity index is 1060. The van der Waals surface area contributed by atoms with Crippen LogP contribution in [0.3, 0.4) is 0 Å². The van der Waals surface area contributed by atoms with Crippen LogP contribution in [0.5, 0.6) is 11.5 Å². The molecule has 0 spiro atoms. The van der Waals surface area contributed by atoms with Gasteiger partial charge in [-0.05, 0) is 12.1 Å². The van der Waals surface area contributed by atoms with Crippen LogP contribution in [0.15, 0.2) is 59.7 Å². The van der Waals surface area contributed by atoms with Gasteiger partial charge in [0.15, 0.2) is 0 Å². The quantitative estimate of drug-likeness (QED) is 0.663. The summed E-state index contributed by atoms with van der Waals surface area (Å²) in [6.45, 7) is 0.179. The maximum atomic E-state index is 10.6. The van der Waals surface area contributed by atoms with E-state index < -0.39 is 0 Å². The molecule has 0 atom stereocenters. The fourth-order valence-corrected chi connectivity index (χ4v) is 4.04. The van der Waals surface area contributed by atoms with Crippen molar-refractivity contribution in [1.82, 2.24) is 4.98 Å². The van der Waals surface area contributed by atoms with Crippen LogP contribution in [-0.4, -0.2) is 36.7 Å². The Balaban J connectivity index is 1.68. The van der Waals surface area contributed by atoms with Gasteiger partial charge < -0.3 is 19.5 Å². The van der Waals surface area contributed by atoms with E-state index in [1.54, 1.807) is 37.3 Å². The van der Waals surface area contributed by atoms with Gasteiger partial charge in [-0.15, -0.1) is 11.3 Å². The molecule has 0 unspecified atom stereocenters. The number of methoxy groups -OCH3 is 2. The van der Waals surface area contributed by atoms with Crippen LogP contribution in [0.2, 0.25) is 0 Å². The van der Waals surface area contributed by atoms with E-state index in [0.29, 0.717) is 27.8 Å². The molecule has 2 aromatic carbocycles. The van der Waals surface area contributed by atoms with Crippen LogP contribution >= 0.6 is 11.3 Å². The average Bonchev–Trinajstić information content (AvgIpc) is 3.32. The maximum Gasteiger partial charge on any atom is 0.142 e. The molecule has 0 fully saturated rings. The number of hydrogen-bond acceptors (Lipinski definition) is 6. The van der Waals surface area contributed by atoms with Crippen LogP contribution in [-0.2, 0) is 0 Å². The highest BCUT2D eigenvalue weighted by Gasteiger charge is 2.33. The Labute approximate surface area is 166 Å². The number of nitrogens with zero attached hydrogens (tertiary/aromatic N) is 2. The number of aliphatic hydroxyl groups is 1. The molecule has 6 nitrogen and oxygen atoms in total. The summed E-state index contributed by atoms with van der Waals surface area (Å²) in [4.78, 5) is 6.34. The molecule has 1 aliphatic rings. The number of rotatable bonds is 5. The molecule has 0 aliphatic carbocycles. The minimum atomic E-state index is 0.115. The minimum absolute atomic E-state index is 0.115. The first-order chi connectivity index (χ1) is 13.6. The standard InChI is InChI=1S/C21H19N3O3S/c1-26-14-8-9-18(27-2)16(10-14)24-11-17(25)19(20(24)22)21-23-15(12-28-21)13-6-4-3-5-7-13/h3-10,12,22,25H,11H2,1-2H3. The number of aliphatic hydroxyl groups excluding tert-OH is 1. The molecule has 0 radical (unpaired) electrons. The lowest BCUT2D eigenvalue weighted by Crippen LogP contribution is -2.26. The molecule has 0 amide bonds. The van der Waals surface area contributed by atoms with E-state index in [-0.39, 0.29) is 18.1 Å². The first kappa shape index (κ1) is 18.1. The number of aromatic nitrogens is 1. The Morgan fingerprint density at radius 2 is 1.89 bits per heavy atom. The van der Waals surface area contributed by atoms with E-state index >= 15 is 0 Å². The second-order valence-electron chi connectivity index (χ2n) is 6.20. The van der Waals surface area contributed by atoms with Crippen LogP contribution < -0.4 is 14.4 Å². The summed E-state index contributed by atoms with van der Waals surface area (Å²) in [6, 6.07) is 15.2. The van der Waals surface area contributed by atoms with Gasteiger partial charge in [0.25, 0.3) is 0 Å². The number of benzene rings is 2. The fourth-order valence-electron chi connectivity index (χ4n) is 3.15. The Kier molecular flexibility index (Phi) is 4.75. The largest absolute Gasteiger partial charge is 0.510 e. The highest BCUT2D eigenvalue weighted by molar-refractivity contribution is 7.11. The van der Waals surface area contributed by atoms with Gasteiger partial charge in [-0.2, -0.15) is 0 Å². The second-order valence-corrected chi connectivity index (χ2v) is 7.06. The van der Waals surface area contributed by atoms with Gasteiger partial charge in [-0.1, -0.05) is 30.3 Å². The molecule has 0 saturated heterocycles. The van der Waals surface area contributed by atoms with E-state index in [2.05, 4.69) is 4.98 Å². The lowest BCUT2D eigenvalue weighted by molar-refractivity contribution is 0.400. The summed E-state index contributed by atoms with van der Waals surface area (Å²) < 4.78 is 10.7. The molecule has 2 N–H and O–H groups in total. The lowest BCUT2D eigenvalue weighted by Gasteiger charge is -2.21. The van der Waals surface area contributed by atoms with Crippen molar-refractivity contribution in [2.75, 3.05) is 25.7 Å². The summed E-state index contributed by atoms with van der Waals surface area (Å²) in [7, 11) is 3.16. The number of thiazole rings is 1. The van der Waals surface area contributed by atoms with Crippen molar-refractivity contribution in [2.45, 2.75) is 0 Å². The number of hydrogen-bond donors (Lipinski definition) is 2. The highest BCUT2D eigenvalue weighted by Crippen LogP contribution is 2.39. The molecule has 3 aromatic rings. The Morgan fingerprint density at radius 1 is 1.11 bits per heavy atom. The lowest BCUT2D eigenvalue weighted by atomic mass is 10.2. The van der Waals surface area contributed by atoms with Gasteiger partial charge in [-0.25, -0.2) is 4.98 Å². The monoisotopic (exact) mass is 393 g/mol. The Morgan fingerprint density at radius 3 is 2.61 bits per heavy atom. The predicted octanol–water partition coefficient (Wildman–Crippen LogP) is 4.59. The van der Waals surface area contributed by atoms with Crippen LogP contribution in [0.25, 0.3) is 16.8 Å². The molecular weight excluding hydrogens is 374 g/mol. The van der Waals surface area contributed by atoms with E-state index in [0.717, 1.165) is 11.3 Å². The third kappa shape index (κ3) is 3.10. The first-order valence-electron chi connectivity index (χ1n) is 8.64. The summed E-state index contributed by atoms with van der Waals surface area (Å²) in [5, 5.41) is 21.8. The summed E-state index contributed by atoms with van der Waals surface area (Å²) >= 11 is 1.41. The van der Waals surface area contributed by atoms with Gasteiger partial charge in [0, 0.05) is 17.0 Å². The average molecular weight is 393 g/mol. The van der Waals surface area contributed by atoms with Crippen LogP contribution in [0, 0.1) is 5.41 Å². The van der Waals surface area contributed by atoms with Crippen LogP contribution in [0.4, 0.5) is 5.69 Å². The van der Waals surface area contributed by atoms with E-state index in [1.807, 2.05) is 35.7 Å². The van der Waals surface area contributed by atoms with Crippen molar-refractivity contribution in [3.05, 3.63) is 64.7 Å². The molecule has 1 aromatic heterocycles. The highest BCUT2D eigenvalue weighted by atomic mass is 32.1. The molecule has 4 rings (SSSR count). The number of nitrogens with one attached hydrogen (secondary N) is 1. The van der Waals surface area contributed by atoms with Gasteiger partial charge in [-0.3, -0.25) is 5.41 Å². The molecule has 1 aliphatic heterocycles. The van der Waals surface area contributed by atoms with Crippen molar-refractivity contribution in [1.29, 1.82) is 5.41 Å². The maximum absolute atomic E-state index is 10.6. The number of anilines is 1. The van der Waals surface area contributed by atoms with Crippen molar-refractivity contribution >= 4 is 28.4 Å². The molecule has 2 heterocycles. The van der Waals surface area contributed by atoms with Gasteiger partial charge >= 0.3 is 0 Å². The Hall–Kier alpha value is -3.32. The predicted molar refractivity (Wildman–Crippen MR) is 112 cm³/mol. The minimum Gasteiger partial charge on any atom is -0.510 e. The molecule has 7 heteroatoms. The molecule has 0 bridgehead atoms. The molecular formula is C21H19N3O3S. The van der Waals surface area contributed by atoms with Crippen molar-refractivity contribution in [3.63, 3.8) is 0 Å². The SMILES string of the molecule is COc1ccc(OC)c(N2CC(O)=C(c3nc(-c4ccccc4)cs3)C2=N)c1. The van der Waals surface area contributed by atoms with E-state index in [4.69, 9.17) is 14.9 Å². The smallest absolute Gasteiger partial charge is 0.142 e. The zero-order chi connectivity index (χ0) is 19.7. The van der Waals surface area contributed by atoms with Crippen molar-refractivity contribution < 1.29 is 14.6 Å². The molecule has 0 saturated carbocycles. The fraction of sp³-hybridized carbons (Fsp3) is 0.143. The van der Waals surface area contributed by atoms with Crippen LogP contribution in [0.1, 0.15) is 5.01 Å². The zero-order valence-corrected chi connectivity index (χ0v) is 16.3. The number of amidine groups is 1. The van der Waals surface area contributed by atoms with Crippen molar-refractivity contribution in [3.8, 4) is 22.8 Å². The zero-order valence-electron chi connectivity index (χ0n) is 15.5. The van der Waals surface area contributed by atoms with Gasteiger partial charge in [0.05, 0.1) is 37.7 Å². The van der Waals surface area contributed by atoms with E-state index in [1.165, 1.54) is 11.3 Å². The topological polar surface area (TPSA) is 78.7 Å². The van der Waals surface area contributed by atoms with Gasteiger partial charge in [0.1, 0.15) is 28.1 Å². The first-order valence-corrected chi connectivity index (χ1v) is 9.52. The second kappa shape index (κ2) is 7.36. The summed E-state index contributed by atoms with van der Waals surface area (Å²) in [6.07, 6.45) is 0. The third-order valence-electron chi connectivity index (χ3n) is 4.57.